The quantitative estimate of drug-likeness (QED) is 0.919. The van der Waals surface area contributed by atoms with Crippen LogP contribution in [-0.2, 0) is 17.8 Å². The average Bonchev–Trinajstić information content (AvgIpc) is 3.07. The molecule has 3 rings (SSSR count). The van der Waals surface area contributed by atoms with Crippen LogP contribution in [0.4, 0.5) is 5.69 Å². The second kappa shape index (κ2) is 6.15. The first-order valence-corrected chi connectivity index (χ1v) is 8.10. The minimum absolute atomic E-state index is 0.0261. The molecule has 5 nitrogen and oxygen atoms in total. The van der Waals surface area contributed by atoms with Crippen LogP contribution in [0.1, 0.15) is 42.5 Å². The zero-order valence-electron chi connectivity index (χ0n) is 14.3. The van der Waals surface area contributed by atoms with Crippen molar-refractivity contribution in [2.75, 3.05) is 11.9 Å². The maximum absolute atomic E-state index is 12.4. The third kappa shape index (κ3) is 3.35. The topological polar surface area (TPSA) is 62.6 Å². The Bertz CT molecular complexity index is 757. The van der Waals surface area contributed by atoms with Crippen molar-refractivity contribution < 1.29 is 14.0 Å². The van der Waals surface area contributed by atoms with E-state index in [1.807, 2.05) is 39.0 Å². The molecule has 0 atom stereocenters. The van der Waals surface area contributed by atoms with Crippen LogP contribution in [0.5, 0.6) is 0 Å². The van der Waals surface area contributed by atoms with E-state index in [-0.39, 0.29) is 11.8 Å². The lowest BCUT2D eigenvalue weighted by Gasteiger charge is -2.29. The summed E-state index contributed by atoms with van der Waals surface area (Å²) in [7, 11) is 0. The van der Waals surface area contributed by atoms with E-state index in [9.17, 15) is 9.59 Å². The Balaban J connectivity index is 1.77. The largest absolute Gasteiger partial charge is 0.459 e. The molecule has 0 fully saturated rings. The Morgan fingerprint density at radius 1 is 1.17 bits per heavy atom. The first kappa shape index (κ1) is 16.3. The monoisotopic (exact) mass is 326 g/mol. The van der Waals surface area contributed by atoms with Crippen molar-refractivity contribution in [3.63, 3.8) is 0 Å². The molecule has 1 aliphatic rings. The normalized spacial score (nSPS) is 14.2. The van der Waals surface area contributed by atoms with Gasteiger partial charge in [0.1, 0.15) is 0 Å². The van der Waals surface area contributed by atoms with Crippen molar-refractivity contribution in [3.8, 4) is 0 Å². The molecule has 24 heavy (non-hydrogen) atoms. The van der Waals surface area contributed by atoms with E-state index in [1.165, 1.54) is 11.8 Å². The molecule has 0 bridgehead atoms. The van der Waals surface area contributed by atoms with Crippen LogP contribution < -0.4 is 5.32 Å². The number of furan rings is 1. The lowest BCUT2D eigenvalue weighted by molar-refractivity contribution is -0.123. The summed E-state index contributed by atoms with van der Waals surface area (Å²) in [5.41, 5.74) is 2.60. The van der Waals surface area contributed by atoms with E-state index in [1.54, 1.807) is 17.0 Å². The lowest BCUT2D eigenvalue weighted by atomic mass is 9.95. The number of hydrogen-bond donors (Lipinski definition) is 1. The summed E-state index contributed by atoms with van der Waals surface area (Å²) in [5, 5.41) is 2.94. The van der Waals surface area contributed by atoms with E-state index in [2.05, 4.69) is 5.32 Å². The molecule has 2 aromatic rings. The van der Waals surface area contributed by atoms with Gasteiger partial charge < -0.3 is 14.6 Å². The number of hydrogen-bond acceptors (Lipinski definition) is 3. The number of nitrogens with zero attached hydrogens (tertiary/aromatic N) is 1. The maximum atomic E-state index is 12.4. The van der Waals surface area contributed by atoms with Gasteiger partial charge in [-0.15, -0.1) is 0 Å². The molecule has 1 aromatic heterocycles. The Kier molecular flexibility index (Phi) is 4.18. The number of nitrogens with one attached hydrogen (secondary N) is 1. The molecular formula is C19H22N2O3. The van der Waals surface area contributed by atoms with Gasteiger partial charge in [0, 0.05) is 24.2 Å². The van der Waals surface area contributed by atoms with Gasteiger partial charge in [0.25, 0.3) is 5.91 Å². The molecule has 5 heteroatoms. The fourth-order valence-electron chi connectivity index (χ4n) is 2.68. The maximum Gasteiger partial charge on any atom is 0.289 e. The van der Waals surface area contributed by atoms with Gasteiger partial charge in [-0.05, 0) is 41.8 Å². The highest BCUT2D eigenvalue weighted by Crippen LogP contribution is 2.25. The Morgan fingerprint density at radius 3 is 2.62 bits per heavy atom. The average molecular weight is 326 g/mol. The van der Waals surface area contributed by atoms with E-state index >= 15 is 0 Å². The third-order valence-electron chi connectivity index (χ3n) is 4.18. The van der Waals surface area contributed by atoms with Crippen molar-refractivity contribution in [2.45, 2.75) is 33.7 Å². The van der Waals surface area contributed by atoms with Crippen LogP contribution in [0.25, 0.3) is 0 Å². The number of benzene rings is 1. The minimum atomic E-state index is -0.447. The highest BCUT2D eigenvalue weighted by molar-refractivity contribution is 5.94. The molecular weight excluding hydrogens is 304 g/mol. The molecule has 0 unspecified atom stereocenters. The summed E-state index contributed by atoms with van der Waals surface area (Å²) in [6.07, 6.45) is 2.31. The Hall–Kier alpha value is -2.56. The van der Waals surface area contributed by atoms with Gasteiger partial charge in [0.15, 0.2) is 5.76 Å². The van der Waals surface area contributed by atoms with Gasteiger partial charge in [0.2, 0.25) is 5.91 Å². The highest BCUT2D eigenvalue weighted by atomic mass is 16.3. The first-order valence-electron chi connectivity index (χ1n) is 8.10. The summed E-state index contributed by atoms with van der Waals surface area (Å²) in [6, 6.07) is 9.30. The van der Waals surface area contributed by atoms with E-state index < -0.39 is 5.41 Å². The summed E-state index contributed by atoms with van der Waals surface area (Å²) in [6.45, 7) is 6.83. The molecule has 126 valence electrons. The first-order chi connectivity index (χ1) is 11.3. The van der Waals surface area contributed by atoms with Crippen molar-refractivity contribution in [3.05, 3.63) is 53.5 Å². The fourth-order valence-corrected chi connectivity index (χ4v) is 2.68. The molecule has 0 saturated carbocycles. The molecule has 1 aromatic carbocycles. The van der Waals surface area contributed by atoms with Crippen LogP contribution in [0.15, 0.2) is 41.0 Å². The van der Waals surface area contributed by atoms with Crippen molar-refractivity contribution >= 4 is 17.5 Å². The highest BCUT2D eigenvalue weighted by Gasteiger charge is 2.25. The second-order valence-electron chi connectivity index (χ2n) is 7.14. The van der Waals surface area contributed by atoms with Crippen LogP contribution in [-0.4, -0.2) is 23.3 Å². The van der Waals surface area contributed by atoms with Crippen LogP contribution >= 0.6 is 0 Å². The molecule has 0 aliphatic carbocycles. The van der Waals surface area contributed by atoms with Crippen LogP contribution in [0, 0.1) is 5.41 Å². The molecule has 2 heterocycles. The van der Waals surface area contributed by atoms with Gasteiger partial charge in [0.05, 0.1) is 6.26 Å². The Labute approximate surface area is 141 Å². The van der Waals surface area contributed by atoms with Gasteiger partial charge in [-0.25, -0.2) is 0 Å². The van der Waals surface area contributed by atoms with Gasteiger partial charge in [-0.1, -0.05) is 26.8 Å². The second-order valence-corrected chi connectivity index (χ2v) is 7.14. The van der Waals surface area contributed by atoms with Gasteiger partial charge in [-0.3, -0.25) is 9.59 Å². The number of carbonyl (C=O) groups is 2. The Morgan fingerprint density at radius 2 is 1.96 bits per heavy atom. The summed E-state index contributed by atoms with van der Waals surface area (Å²) in [5.74, 6) is 0.229. The van der Waals surface area contributed by atoms with Gasteiger partial charge >= 0.3 is 0 Å². The van der Waals surface area contributed by atoms with Crippen LogP contribution in [0.3, 0.4) is 0 Å². The number of anilines is 1. The van der Waals surface area contributed by atoms with Crippen molar-refractivity contribution in [2.24, 2.45) is 5.41 Å². The summed E-state index contributed by atoms with van der Waals surface area (Å²) >= 11 is 0. The zero-order chi connectivity index (χ0) is 17.3. The smallest absolute Gasteiger partial charge is 0.289 e. The predicted molar refractivity (Wildman–Crippen MR) is 91.7 cm³/mol. The van der Waals surface area contributed by atoms with E-state index in [4.69, 9.17) is 4.42 Å². The predicted octanol–water partition coefficient (Wildman–Crippen LogP) is 3.46. The number of rotatable bonds is 2. The number of amides is 2. The molecule has 0 spiro atoms. The van der Waals surface area contributed by atoms with Crippen molar-refractivity contribution in [1.82, 2.24) is 4.90 Å². The number of carbonyl (C=O) groups excluding carboxylic acids is 2. The SMILES string of the molecule is CC(C)(C)C(=O)Nc1ccc2c(c1)CN(C(=O)c1ccco1)CC2. The summed E-state index contributed by atoms with van der Waals surface area (Å²) < 4.78 is 5.20. The number of fused-ring (bicyclic) bond motifs is 1. The van der Waals surface area contributed by atoms with Crippen molar-refractivity contribution in [1.29, 1.82) is 0 Å². The third-order valence-corrected chi connectivity index (χ3v) is 4.18. The molecule has 1 aliphatic heterocycles. The zero-order valence-corrected chi connectivity index (χ0v) is 14.3. The standard InChI is InChI=1S/C19H22N2O3/c1-19(2,3)18(23)20-15-7-6-13-8-9-21(12-14(13)11-15)17(22)16-5-4-10-24-16/h4-7,10-11H,8-9,12H2,1-3H3,(H,20,23). The summed E-state index contributed by atoms with van der Waals surface area (Å²) in [4.78, 5) is 26.3. The molecule has 0 radical (unpaired) electrons. The van der Waals surface area contributed by atoms with Gasteiger partial charge in [-0.2, -0.15) is 0 Å². The molecule has 0 saturated heterocycles. The van der Waals surface area contributed by atoms with E-state index in [0.717, 1.165) is 17.7 Å². The van der Waals surface area contributed by atoms with Crippen LogP contribution in [0.2, 0.25) is 0 Å². The molecule has 1 N–H and O–H groups in total. The fraction of sp³-hybridized carbons (Fsp3) is 0.368. The molecule has 2 amide bonds. The lowest BCUT2D eigenvalue weighted by Crippen LogP contribution is -2.36. The minimum Gasteiger partial charge on any atom is -0.459 e. The van der Waals surface area contributed by atoms with E-state index in [0.29, 0.717) is 18.8 Å².